The zero-order valence-electron chi connectivity index (χ0n) is 12.2. The van der Waals surface area contributed by atoms with Gasteiger partial charge in [0.15, 0.2) is 0 Å². The van der Waals surface area contributed by atoms with Crippen molar-refractivity contribution in [3.05, 3.63) is 17.0 Å². The Labute approximate surface area is 117 Å². The highest BCUT2D eigenvalue weighted by Gasteiger charge is 2.21. The topological polar surface area (TPSA) is 104 Å². The highest BCUT2D eigenvalue weighted by molar-refractivity contribution is 5.82. The van der Waals surface area contributed by atoms with E-state index < -0.39 is 18.0 Å². The molecule has 0 radical (unpaired) electrons. The third kappa shape index (κ3) is 4.56. The summed E-state index contributed by atoms with van der Waals surface area (Å²) in [6.45, 7) is 7.60. The number of amides is 2. The Morgan fingerprint density at radius 1 is 1.35 bits per heavy atom. The fourth-order valence-electron chi connectivity index (χ4n) is 1.83. The van der Waals surface area contributed by atoms with E-state index in [0.717, 1.165) is 5.56 Å². The van der Waals surface area contributed by atoms with Crippen LogP contribution in [0.1, 0.15) is 37.3 Å². The fourth-order valence-corrected chi connectivity index (χ4v) is 1.83. The van der Waals surface area contributed by atoms with Crippen LogP contribution in [0.4, 0.5) is 4.79 Å². The first-order valence-electron chi connectivity index (χ1n) is 6.50. The zero-order chi connectivity index (χ0) is 15.3. The second-order valence-corrected chi connectivity index (χ2v) is 5.15. The number of nitrogens with zero attached hydrogens (tertiary/aromatic N) is 1. The van der Waals surface area contributed by atoms with Gasteiger partial charge in [0.2, 0.25) is 0 Å². The normalized spacial score (nSPS) is 12.2. The Morgan fingerprint density at radius 2 is 2.00 bits per heavy atom. The summed E-state index contributed by atoms with van der Waals surface area (Å²) in [5.74, 6) is -0.218. The van der Waals surface area contributed by atoms with Crippen LogP contribution in [-0.2, 0) is 11.3 Å². The average molecular weight is 283 g/mol. The molecule has 0 aliphatic carbocycles. The molecule has 1 heterocycles. The maximum Gasteiger partial charge on any atom is 0.326 e. The lowest BCUT2D eigenvalue weighted by Gasteiger charge is -2.16. The number of rotatable bonds is 6. The van der Waals surface area contributed by atoms with Gasteiger partial charge in [-0.05, 0) is 26.2 Å². The maximum atomic E-state index is 11.7. The third-order valence-corrected chi connectivity index (χ3v) is 2.92. The van der Waals surface area contributed by atoms with Crippen molar-refractivity contribution in [2.75, 3.05) is 0 Å². The summed E-state index contributed by atoms with van der Waals surface area (Å²) in [7, 11) is 0. The molecule has 0 aliphatic rings. The van der Waals surface area contributed by atoms with Crippen molar-refractivity contribution < 1.29 is 19.2 Å². The Hall–Kier alpha value is -2.05. The number of carboxylic acids is 1. The first-order chi connectivity index (χ1) is 9.31. The van der Waals surface area contributed by atoms with Gasteiger partial charge in [-0.15, -0.1) is 0 Å². The van der Waals surface area contributed by atoms with E-state index in [2.05, 4.69) is 15.8 Å². The largest absolute Gasteiger partial charge is 0.480 e. The number of hydrogen-bond donors (Lipinski definition) is 3. The predicted molar refractivity (Wildman–Crippen MR) is 72.2 cm³/mol. The van der Waals surface area contributed by atoms with E-state index in [1.807, 2.05) is 13.8 Å². The number of aliphatic carboxylic acids is 1. The minimum Gasteiger partial charge on any atom is -0.480 e. The van der Waals surface area contributed by atoms with Crippen molar-refractivity contribution in [1.82, 2.24) is 15.8 Å². The van der Waals surface area contributed by atoms with Crippen molar-refractivity contribution >= 4 is 12.0 Å². The first-order valence-corrected chi connectivity index (χ1v) is 6.50. The minimum absolute atomic E-state index is 0.180. The molecule has 112 valence electrons. The first kappa shape index (κ1) is 16.0. The molecule has 0 bridgehead atoms. The van der Waals surface area contributed by atoms with Crippen molar-refractivity contribution in [3.63, 3.8) is 0 Å². The third-order valence-electron chi connectivity index (χ3n) is 2.92. The second kappa shape index (κ2) is 6.93. The van der Waals surface area contributed by atoms with Crippen LogP contribution in [-0.4, -0.2) is 28.3 Å². The van der Waals surface area contributed by atoms with Gasteiger partial charge >= 0.3 is 12.0 Å². The molecule has 1 aromatic heterocycles. The lowest BCUT2D eigenvalue weighted by Crippen LogP contribution is -2.46. The van der Waals surface area contributed by atoms with Gasteiger partial charge in [-0.25, -0.2) is 9.59 Å². The lowest BCUT2D eigenvalue weighted by molar-refractivity contribution is -0.139. The molecule has 0 unspecified atom stereocenters. The van der Waals surface area contributed by atoms with Crippen LogP contribution in [0.3, 0.4) is 0 Å². The van der Waals surface area contributed by atoms with Gasteiger partial charge in [0.1, 0.15) is 11.8 Å². The van der Waals surface area contributed by atoms with E-state index in [-0.39, 0.29) is 12.5 Å². The number of aryl methyl sites for hydroxylation is 2. The quantitative estimate of drug-likeness (QED) is 0.735. The van der Waals surface area contributed by atoms with Crippen molar-refractivity contribution in [1.29, 1.82) is 0 Å². The maximum absolute atomic E-state index is 11.7. The molecule has 1 atom stereocenters. The van der Waals surface area contributed by atoms with Crippen molar-refractivity contribution in [2.45, 2.75) is 46.7 Å². The summed E-state index contributed by atoms with van der Waals surface area (Å²) >= 11 is 0. The number of carboxylic acid groups (broad SMARTS) is 1. The van der Waals surface area contributed by atoms with E-state index >= 15 is 0 Å². The van der Waals surface area contributed by atoms with E-state index in [0.29, 0.717) is 17.9 Å². The average Bonchev–Trinajstić information content (AvgIpc) is 2.65. The highest BCUT2D eigenvalue weighted by Crippen LogP contribution is 2.11. The number of carbonyl (C=O) groups excluding carboxylic acids is 1. The van der Waals surface area contributed by atoms with E-state index in [4.69, 9.17) is 9.63 Å². The van der Waals surface area contributed by atoms with Crippen LogP contribution in [0.2, 0.25) is 0 Å². The Morgan fingerprint density at radius 3 is 2.45 bits per heavy atom. The molecule has 1 aromatic rings. The van der Waals surface area contributed by atoms with Crippen LogP contribution in [0, 0.1) is 19.8 Å². The van der Waals surface area contributed by atoms with Gasteiger partial charge < -0.3 is 20.3 Å². The molecular formula is C13H21N3O4. The standard InChI is InChI=1S/C13H21N3O4/c1-7(2)5-11(12(17)18)15-13(19)14-6-10-8(3)16-20-9(10)4/h7,11H,5-6H2,1-4H3,(H,17,18)(H2,14,15,19)/t11-/m0/s1. The van der Waals surface area contributed by atoms with Crippen molar-refractivity contribution in [2.24, 2.45) is 5.92 Å². The van der Waals surface area contributed by atoms with E-state index in [1.165, 1.54) is 0 Å². The summed E-state index contributed by atoms with van der Waals surface area (Å²) in [5, 5.41) is 17.9. The molecule has 0 spiro atoms. The monoisotopic (exact) mass is 283 g/mol. The minimum atomic E-state index is -1.04. The van der Waals surface area contributed by atoms with Gasteiger partial charge in [0.25, 0.3) is 0 Å². The fraction of sp³-hybridized carbons (Fsp3) is 0.615. The molecule has 20 heavy (non-hydrogen) atoms. The molecule has 3 N–H and O–H groups in total. The number of aromatic nitrogens is 1. The summed E-state index contributed by atoms with van der Waals surface area (Å²) in [6, 6.07) is -1.40. The van der Waals surface area contributed by atoms with Crippen LogP contribution in [0.5, 0.6) is 0 Å². The summed E-state index contributed by atoms with van der Waals surface area (Å²) in [4.78, 5) is 22.8. The molecule has 0 saturated heterocycles. The van der Waals surface area contributed by atoms with Crippen LogP contribution < -0.4 is 10.6 Å². The zero-order valence-corrected chi connectivity index (χ0v) is 12.2. The SMILES string of the molecule is Cc1noc(C)c1CNC(=O)N[C@@H](CC(C)C)C(=O)O. The van der Waals surface area contributed by atoms with Gasteiger partial charge in [0.05, 0.1) is 5.69 Å². The molecule has 0 fully saturated rings. The molecule has 0 aliphatic heterocycles. The summed E-state index contributed by atoms with van der Waals surface area (Å²) in [5.41, 5.74) is 1.51. The Bertz CT molecular complexity index is 462. The van der Waals surface area contributed by atoms with Gasteiger partial charge in [-0.3, -0.25) is 0 Å². The second-order valence-electron chi connectivity index (χ2n) is 5.15. The van der Waals surface area contributed by atoms with Gasteiger partial charge in [-0.1, -0.05) is 19.0 Å². The number of urea groups is 1. The van der Waals surface area contributed by atoms with Crippen LogP contribution in [0.15, 0.2) is 4.52 Å². The van der Waals surface area contributed by atoms with Crippen molar-refractivity contribution in [3.8, 4) is 0 Å². The van der Waals surface area contributed by atoms with Gasteiger partial charge in [-0.2, -0.15) is 0 Å². The van der Waals surface area contributed by atoms with E-state index in [9.17, 15) is 9.59 Å². The molecule has 0 saturated carbocycles. The number of hydrogen-bond acceptors (Lipinski definition) is 4. The van der Waals surface area contributed by atoms with Gasteiger partial charge in [0, 0.05) is 12.1 Å². The number of carbonyl (C=O) groups is 2. The van der Waals surface area contributed by atoms with Crippen LogP contribution >= 0.6 is 0 Å². The summed E-state index contributed by atoms with van der Waals surface area (Å²) in [6.07, 6.45) is 0.383. The Balaban J connectivity index is 2.52. The van der Waals surface area contributed by atoms with Crippen LogP contribution in [0.25, 0.3) is 0 Å². The highest BCUT2D eigenvalue weighted by atomic mass is 16.5. The lowest BCUT2D eigenvalue weighted by atomic mass is 10.0. The molecule has 7 heteroatoms. The smallest absolute Gasteiger partial charge is 0.326 e. The molecule has 1 rings (SSSR count). The molecule has 0 aromatic carbocycles. The molecular weight excluding hydrogens is 262 g/mol. The number of nitrogens with one attached hydrogen (secondary N) is 2. The Kier molecular flexibility index (Phi) is 5.54. The molecule has 2 amide bonds. The predicted octanol–water partition coefficient (Wildman–Crippen LogP) is 1.59. The molecule has 7 nitrogen and oxygen atoms in total. The van der Waals surface area contributed by atoms with E-state index in [1.54, 1.807) is 13.8 Å². The summed E-state index contributed by atoms with van der Waals surface area (Å²) < 4.78 is 4.98.